The molecule has 0 bridgehead atoms. The van der Waals surface area contributed by atoms with Gasteiger partial charge in [0.05, 0.1) is 0 Å². The Bertz CT molecular complexity index is 485. The molecule has 1 aromatic carbocycles. The van der Waals surface area contributed by atoms with E-state index in [4.69, 9.17) is 10.3 Å². The van der Waals surface area contributed by atoms with Crippen LogP contribution in [0.2, 0.25) is 0 Å². The summed E-state index contributed by atoms with van der Waals surface area (Å²) in [5.74, 6) is 1.39. The van der Waals surface area contributed by atoms with E-state index in [1.54, 1.807) is 0 Å². The van der Waals surface area contributed by atoms with Crippen LogP contribution in [-0.4, -0.2) is 15.7 Å². The van der Waals surface area contributed by atoms with Crippen LogP contribution in [0.1, 0.15) is 37.5 Å². The molecule has 0 aliphatic rings. The summed E-state index contributed by atoms with van der Waals surface area (Å²) in [4.78, 5) is 4.38. The van der Waals surface area contributed by atoms with Crippen molar-refractivity contribution in [3.63, 3.8) is 0 Å². The van der Waals surface area contributed by atoms with E-state index in [0.29, 0.717) is 12.3 Å². The van der Waals surface area contributed by atoms with Crippen LogP contribution in [0, 0.1) is 0 Å². The zero-order valence-corrected chi connectivity index (χ0v) is 10.9. The molecular formula is C14H19N3O. The van der Waals surface area contributed by atoms with Gasteiger partial charge in [-0.25, -0.2) is 0 Å². The van der Waals surface area contributed by atoms with Gasteiger partial charge in [0.2, 0.25) is 5.89 Å². The van der Waals surface area contributed by atoms with Crippen LogP contribution in [0.25, 0.3) is 0 Å². The molecule has 0 unspecified atom stereocenters. The fraction of sp³-hybridized carbons (Fsp3) is 0.429. The molecule has 0 atom stereocenters. The average Bonchev–Trinajstić information content (AvgIpc) is 2.75. The third kappa shape index (κ3) is 3.96. The molecule has 1 aromatic heterocycles. The number of rotatable bonds is 5. The molecular weight excluding hydrogens is 226 g/mol. The van der Waals surface area contributed by atoms with Crippen molar-refractivity contribution >= 4 is 0 Å². The predicted octanol–water partition coefficient (Wildman–Crippen LogP) is 2.33. The van der Waals surface area contributed by atoms with Gasteiger partial charge in [0.1, 0.15) is 0 Å². The maximum Gasteiger partial charge on any atom is 0.226 e. The Kier molecular flexibility index (Phi) is 3.77. The number of benzene rings is 1. The summed E-state index contributed by atoms with van der Waals surface area (Å²) < 4.78 is 5.22. The van der Waals surface area contributed by atoms with E-state index >= 15 is 0 Å². The summed E-state index contributed by atoms with van der Waals surface area (Å²) in [7, 11) is 0. The molecule has 0 spiro atoms. The topological polar surface area (TPSA) is 64.9 Å². The van der Waals surface area contributed by atoms with E-state index in [-0.39, 0.29) is 5.54 Å². The predicted molar refractivity (Wildman–Crippen MR) is 70.1 cm³/mol. The first-order valence-corrected chi connectivity index (χ1v) is 6.17. The monoisotopic (exact) mass is 245 g/mol. The quantitative estimate of drug-likeness (QED) is 0.878. The number of aryl methyl sites for hydroxylation is 1. The molecule has 0 fully saturated rings. The van der Waals surface area contributed by atoms with E-state index in [1.807, 2.05) is 32.0 Å². The first-order chi connectivity index (χ1) is 8.53. The van der Waals surface area contributed by atoms with Gasteiger partial charge in [-0.3, -0.25) is 0 Å². The summed E-state index contributed by atoms with van der Waals surface area (Å²) in [6.07, 6.45) is 2.27. The second-order valence-electron chi connectivity index (χ2n) is 5.26. The van der Waals surface area contributed by atoms with Crippen LogP contribution in [-0.2, 0) is 12.8 Å². The Labute approximate surface area is 107 Å². The van der Waals surface area contributed by atoms with Crippen LogP contribution < -0.4 is 5.73 Å². The maximum atomic E-state index is 5.92. The summed E-state index contributed by atoms with van der Waals surface area (Å²) in [6, 6.07) is 10.1. The average molecular weight is 245 g/mol. The van der Waals surface area contributed by atoms with Crippen molar-refractivity contribution in [1.29, 1.82) is 0 Å². The molecule has 4 heteroatoms. The smallest absolute Gasteiger partial charge is 0.226 e. The first-order valence-electron chi connectivity index (χ1n) is 6.17. The van der Waals surface area contributed by atoms with Gasteiger partial charge in [-0.15, -0.1) is 0 Å². The molecule has 4 nitrogen and oxygen atoms in total. The SMILES string of the molecule is CC(C)(N)CCc1nc(Cc2ccccc2)no1. The molecule has 18 heavy (non-hydrogen) atoms. The molecule has 2 N–H and O–H groups in total. The van der Waals surface area contributed by atoms with Crippen LogP contribution in [0.15, 0.2) is 34.9 Å². The molecule has 2 rings (SSSR count). The lowest BCUT2D eigenvalue weighted by Gasteiger charge is -2.16. The fourth-order valence-corrected chi connectivity index (χ4v) is 1.67. The van der Waals surface area contributed by atoms with Gasteiger partial charge < -0.3 is 10.3 Å². The van der Waals surface area contributed by atoms with E-state index in [1.165, 1.54) is 5.56 Å². The van der Waals surface area contributed by atoms with Crippen LogP contribution in [0.4, 0.5) is 0 Å². The van der Waals surface area contributed by atoms with Crippen LogP contribution in [0.5, 0.6) is 0 Å². The lowest BCUT2D eigenvalue weighted by molar-refractivity contribution is 0.355. The third-order valence-corrected chi connectivity index (χ3v) is 2.70. The normalized spacial score (nSPS) is 11.7. The summed E-state index contributed by atoms with van der Waals surface area (Å²) in [5, 5.41) is 3.99. The number of aromatic nitrogens is 2. The number of hydrogen-bond acceptors (Lipinski definition) is 4. The van der Waals surface area contributed by atoms with E-state index in [2.05, 4.69) is 22.3 Å². The Hall–Kier alpha value is -1.68. The summed E-state index contributed by atoms with van der Waals surface area (Å²) >= 11 is 0. The Morgan fingerprint density at radius 1 is 1.22 bits per heavy atom. The van der Waals surface area contributed by atoms with Gasteiger partial charge in [-0.05, 0) is 25.8 Å². The minimum Gasteiger partial charge on any atom is -0.339 e. The molecule has 0 aliphatic carbocycles. The number of nitrogens with two attached hydrogens (primary N) is 1. The zero-order valence-electron chi connectivity index (χ0n) is 10.9. The van der Waals surface area contributed by atoms with Gasteiger partial charge in [-0.1, -0.05) is 35.5 Å². The van der Waals surface area contributed by atoms with Crippen molar-refractivity contribution in [2.24, 2.45) is 5.73 Å². The van der Waals surface area contributed by atoms with Crippen molar-refractivity contribution < 1.29 is 4.52 Å². The second-order valence-corrected chi connectivity index (χ2v) is 5.26. The highest BCUT2D eigenvalue weighted by atomic mass is 16.5. The molecule has 0 radical (unpaired) electrons. The highest BCUT2D eigenvalue weighted by Gasteiger charge is 2.14. The van der Waals surface area contributed by atoms with Crippen molar-refractivity contribution in [3.8, 4) is 0 Å². The Balaban J connectivity index is 1.94. The molecule has 96 valence electrons. The van der Waals surface area contributed by atoms with Crippen molar-refractivity contribution in [2.75, 3.05) is 0 Å². The molecule has 0 saturated heterocycles. The molecule has 0 aliphatic heterocycles. The van der Waals surface area contributed by atoms with Crippen molar-refractivity contribution in [1.82, 2.24) is 10.1 Å². The summed E-state index contributed by atoms with van der Waals surface area (Å²) in [5.41, 5.74) is 6.91. The lowest BCUT2D eigenvalue weighted by Crippen LogP contribution is -2.32. The van der Waals surface area contributed by atoms with Gasteiger partial charge >= 0.3 is 0 Å². The molecule has 0 amide bonds. The van der Waals surface area contributed by atoms with Crippen LogP contribution in [0.3, 0.4) is 0 Å². The van der Waals surface area contributed by atoms with E-state index < -0.39 is 0 Å². The van der Waals surface area contributed by atoms with Gasteiger partial charge in [0, 0.05) is 18.4 Å². The Morgan fingerprint density at radius 3 is 2.61 bits per heavy atom. The van der Waals surface area contributed by atoms with Crippen molar-refractivity contribution in [2.45, 2.75) is 38.6 Å². The summed E-state index contributed by atoms with van der Waals surface area (Å²) in [6.45, 7) is 3.99. The Morgan fingerprint density at radius 2 is 1.94 bits per heavy atom. The van der Waals surface area contributed by atoms with Gasteiger partial charge in [-0.2, -0.15) is 4.98 Å². The molecule has 1 heterocycles. The highest BCUT2D eigenvalue weighted by Crippen LogP contribution is 2.11. The fourth-order valence-electron chi connectivity index (χ4n) is 1.67. The maximum absolute atomic E-state index is 5.92. The van der Waals surface area contributed by atoms with Crippen molar-refractivity contribution in [3.05, 3.63) is 47.6 Å². The minimum atomic E-state index is -0.200. The van der Waals surface area contributed by atoms with Gasteiger partial charge in [0.15, 0.2) is 5.82 Å². The van der Waals surface area contributed by atoms with Crippen LogP contribution >= 0.6 is 0 Å². The lowest BCUT2D eigenvalue weighted by atomic mass is 10.0. The number of nitrogens with zero attached hydrogens (tertiary/aromatic N) is 2. The van der Waals surface area contributed by atoms with Gasteiger partial charge in [0.25, 0.3) is 0 Å². The number of hydrogen-bond donors (Lipinski definition) is 1. The first kappa shape index (κ1) is 12.8. The molecule has 0 saturated carbocycles. The minimum absolute atomic E-state index is 0.200. The standard InChI is InChI=1S/C14H19N3O/c1-14(2,15)9-8-13-16-12(17-18-13)10-11-6-4-3-5-7-11/h3-7H,8-10,15H2,1-2H3. The van der Waals surface area contributed by atoms with E-state index in [9.17, 15) is 0 Å². The highest BCUT2D eigenvalue weighted by molar-refractivity contribution is 5.18. The largest absolute Gasteiger partial charge is 0.339 e. The molecule has 2 aromatic rings. The third-order valence-electron chi connectivity index (χ3n) is 2.70. The zero-order chi connectivity index (χ0) is 13.0. The second kappa shape index (κ2) is 5.31. The van der Waals surface area contributed by atoms with E-state index in [0.717, 1.165) is 18.7 Å².